The van der Waals surface area contributed by atoms with Crippen LogP contribution in [0.1, 0.15) is 68.8 Å². The van der Waals surface area contributed by atoms with E-state index in [0.29, 0.717) is 60.1 Å². The van der Waals surface area contributed by atoms with E-state index in [1.807, 2.05) is 13.8 Å². The summed E-state index contributed by atoms with van der Waals surface area (Å²) in [5, 5.41) is 29.5. The van der Waals surface area contributed by atoms with Gasteiger partial charge < -0.3 is 44.0 Å². The Hall–Kier alpha value is -4.37. The molecule has 7 aliphatic rings. The van der Waals surface area contributed by atoms with Gasteiger partial charge in [-0.25, -0.2) is 4.79 Å². The van der Waals surface area contributed by atoms with Crippen molar-refractivity contribution in [2.45, 2.75) is 68.6 Å². The van der Waals surface area contributed by atoms with Crippen molar-refractivity contribution in [1.82, 2.24) is 15.5 Å². The van der Waals surface area contributed by atoms with Crippen LogP contribution < -0.4 is 34.3 Å². The number of rotatable bonds is 3. The van der Waals surface area contributed by atoms with Gasteiger partial charge in [0.25, 0.3) is 0 Å². The zero-order valence-corrected chi connectivity index (χ0v) is 30.4. The summed E-state index contributed by atoms with van der Waals surface area (Å²) in [6, 6.07) is 4.36. The number of aromatic hydroxyl groups is 2. The number of fused-ring (bicyclic) bond motifs is 9. The van der Waals surface area contributed by atoms with Crippen LogP contribution in [0.25, 0.3) is 0 Å². The van der Waals surface area contributed by atoms with E-state index in [9.17, 15) is 19.8 Å². The van der Waals surface area contributed by atoms with E-state index in [4.69, 9.17) is 28.4 Å². The third-order valence-electron chi connectivity index (χ3n) is 11.7. The van der Waals surface area contributed by atoms with Crippen LogP contribution in [-0.2, 0) is 32.7 Å². The first-order valence-corrected chi connectivity index (χ1v) is 18.6. The minimum Gasteiger partial charge on any atom is -0.504 e. The second-order valence-electron chi connectivity index (χ2n) is 14.4. The minimum absolute atomic E-state index is 0.00431. The number of phenolic OH excluding ortho intramolecular Hbond substituents is 2. The lowest BCUT2D eigenvalue weighted by Crippen LogP contribution is -2.65. The number of thioether (sulfide) groups is 1. The predicted octanol–water partition coefficient (Wildman–Crippen LogP) is 3.75. The Morgan fingerprint density at radius 3 is 2.60 bits per heavy atom. The average Bonchev–Trinajstić information content (AvgIpc) is 3.61. The van der Waals surface area contributed by atoms with Crippen molar-refractivity contribution in [3.63, 3.8) is 0 Å². The van der Waals surface area contributed by atoms with Gasteiger partial charge in [0.2, 0.25) is 6.79 Å². The number of piperazine rings is 1. The highest BCUT2D eigenvalue weighted by atomic mass is 32.2. The highest BCUT2D eigenvalue weighted by molar-refractivity contribution is 7.99. The first-order valence-electron chi connectivity index (χ1n) is 17.6. The number of carbonyl (C=O) groups excluding carboxylic acids is 2. The maximum Gasteiger partial charge on any atom is 0.331 e. The van der Waals surface area contributed by atoms with E-state index >= 15 is 0 Å². The molecule has 0 aliphatic carbocycles. The van der Waals surface area contributed by atoms with Crippen LogP contribution in [-0.4, -0.2) is 85.6 Å². The molecule has 13 nitrogen and oxygen atoms in total. The Labute approximate surface area is 304 Å². The summed E-state index contributed by atoms with van der Waals surface area (Å²) in [5.41, 5.74) is 5.13. The number of benzene rings is 3. The molecule has 274 valence electrons. The number of hydrogen-bond donors (Lipinski definition) is 4. The minimum atomic E-state index is -1.29. The molecule has 4 bridgehead atoms. The molecular formula is C38H41N3O10S. The number of ether oxygens (including phenoxy) is 6. The lowest BCUT2D eigenvalue weighted by molar-refractivity contribution is -0.155. The van der Waals surface area contributed by atoms with Crippen molar-refractivity contribution in [2.75, 3.05) is 46.5 Å². The second-order valence-corrected chi connectivity index (χ2v) is 15.6. The van der Waals surface area contributed by atoms with E-state index in [0.717, 1.165) is 33.4 Å². The average molecular weight is 732 g/mol. The fourth-order valence-corrected chi connectivity index (χ4v) is 11.3. The monoisotopic (exact) mass is 731 g/mol. The highest BCUT2D eigenvalue weighted by Crippen LogP contribution is 2.62. The van der Waals surface area contributed by atoms with Crippen LogP contribution in [0.5, 0.6) is 40.2 Å². The topological polar surface area (TPSA) is 157 Å². The summed E-state index contributed by atoms with van der Waals surface area (Å²) in [4.78, 5) is 29.8. The summed E-state index contributed by atoms with van der Waals surface area (Å²) >= 11 is 1.56. The number of esters is 2. The maximum atomic E-state index is 14.6. The molecule has 0 aromatic heterocycles. The van der Waals surface area contributed by atoms with Gasteiger partial charge in [-0.2, -0.15) is 0 Å². The summed E-state index contributed by atoms with van der Waals surface area (Å²) in [6.07, 6.45) is 1.29. The van der Waals surface area contributed by atoms with Gasteiger partial charge in [0, 0.05) is 60.1 Å². The van der Waals surface area contributed by atoms with Gasteiger partial charge in [0.05, 0.1) is 31.6 Å². The predicted molar refractivity (Wildman–Crippen MR) is 189 cm³/mol. The quantitative estimate of drug-likeness (QED) is 0.228. The number of nitrogens with zero attached hydrogens (tertiary/aromatic N) is 1. The van der Waals surface area contributed by atoms with Crippen LogP contribution >= 0.6 is 11.8 Å². The Morgan fingerprint density at radius 1 is 1.02 bits per heavy atom. The summed E-state index contributed by atoms with van der Waals surface area (Å²) < 4.78 is 36.0. The fourth-order valence-electron chi connectivity index (χ4n) is 9.58. The summed E-state index contributed by atoms with van der Waals surface area (Å²) in [7, 11) is 3.04. The number of methoxy groups -OCH3 is 2. The lowest BCUT2D eigenvalue weighted by Gasteiger charge is -2.57. The molecule has 7 heterocycles. The number of phenols is 2. The Morgan fingerprint density at radius 2 is 1.83 bits per heavy atom. The molecule has 0 saturated carbocycles. The molecule has 0 radical (unpaired) electrons. The first-order chi connectivity index (χ1) is 25.1. The SMILES string of the molecule is COc1cc2c(cc1O)CCN[C@]21CS[C@@H]2c3c(OC(C)=O)c(C)c4c(c3[C@H](COC1=O)N1CC3Cc5cc(C)c(OC)c(O)c5C(N3)C21)OCO4. The van der Waals surface area contributed by atoms with Crippen molar-refractivity contribution in [3.05, 3.63) is 62.7 Å². The largest absolute Gasteiger partial charge is 0.504 e. The molecule has 6 atom stereocenters. The molecule has 3 aromatic carbocycles. The summed E-state index contributed by atoms with van der Waals surface area (Å²) in [5.74, 6) is 1.60. The number of aryl methyl sites for hydroxylation is 1. The number of nitrogens with one attached hydrogen (secondary N) is 2. The molecule has 10 rings (SSSR count). The Kier molecular flexibility index (Phi) is 7.78. The molecule has 4 N–H and O–H groups in total. The van der Waals surface area contributed by atoms with Gasteiger partial charge in [-0.05, 0) is 61.1 Å². The van der Waals surface area contributed by atoms with E-state index in [-0.39, 0.29) is 54.5 Å². The summed E-state index contributed by atoms with van der Waals surface area (Å²) in [6.45, 7) is 6.28. The molecule has 52 heavy (non-hydrogen) atoms. The van der Waals surface area contributed by atoms with Gasteiger partial charge in [-0.1, -0.05) is 6.07 Å². The van der Waals surface area contributed by atoms with E-state index in [1.165, 1.54) is 14.0 Å². The first kappa shape index (κ1) is 33.5. The number of hydrogen-bond acceptors (Lipinski definition) is 14. The van der Waals surface area contributed by atoms with Gasteiger partial charge >= 0.3 is 11.9 Å². The molecule has 0 amide bonds. The smallest absolute Gasteiger partial charge is 0.331 e. The van der Waals surface area contributed by atoms with Crippen LogP contribution in [0.15, 0.2) is 18.2 Å². The molecule has 2 saturated heterocycles. The van der Waals surface area contributed by atoms with Gasteiger partial charge in [-0.3, -0.25) is 15.0 Å². The zero-order valence-electron chi connectivity index (χ0n) is 29.6. The van der Waals surface area contributed by atoms with Gasteiger partial charge in [0.15, 0.2) is 40.0 Å². The van der Waals surface area contributed by atoms with E-state index in [1.54, 1.807) is 31.0 Å². The Balaban J connectivity index is 1.29. The third kappa shape index (κ3) is 4.66. The number of carbonyl (C=O) groups is 2. The highest BCUT2D eigenvalue weighted by Gasteiger charge is 2.57. The molecule has 1 spiro atoms. The fraction of sp³-hybridized carbons (Fsp3) is 0.474. The molecule has 3 aromatic rings. The molecule has 7 aliphatic heterocycles. The van der Waals surface area contributed by atoms with Gasteiger partial charge in [0.1, 0.15) is 12.4 Å². The molecular weight excluding hydrogens is 690 g/mol. The van der Waals surface area contributed by atoms with Crippen LogP contribution in [0.4, 0.5) is 0 Å². The normalized spacial score (nSPS) is 28.2. The molecule has 3 unspecified atom stereocenters. The standard InChI is InChI=1S/C38H41N3O10S/c1-16-8-20-9-21-12-41-23-13-48-37(45)38(22-11-25(46-4)24(43)10-19(22)6-7-39-38)14-52-36(30(41)29(40-21)26(20)31(44)32(16)47-5)28-27(23)35-34(49-15-50-35)17(2)33(28)51-18(3)42/h8,10-11,21,23,29-30,36,39-40,43-44H,6-7,9,12-15H2,1-5H3/t21?,23-,29?,30?,36+,38+/m0/s1. The van der Waals surface area contributed by atoms with Crippen LogP contribution in [0.2, 0.25) is 0 Å². The van der Waals surface area contributed by atoms with Crippen molar-refractivity contribution in [3.8, 4) is 40.2 Å². The molecule has 14 heteroatoms. The van der Waals surface area contributed by atoms with Crippen LogP contribution in [0, 0.1) is 13.8 Å². The second kappa shape index (κ2) is 12.1. The maximum absolute atomic E-state index is 14.6. The van der Waals surface area contributed by atoms with E-state index in [2.05, 4.69) is 21.6 Å². The Bertz CT molecular complexity index is 2060. The van der Waals surface area contributed by atoms with E-state index < -0.39 is 28.8 Å². The molecule has 2 fully saturated rings. The van der Waals surface area contributed by atoms with Crippen LogP contribution in [0.3, 0.4) is 0 Å². The van der Waals surface area contributed by atoms with Crippen molar-refractivity contribution >= 4 is 23.7 Å². The van der Waals surface area contributed by atoms with Crippen molar-refractivity contribution in [1.29, 1.82) is 0 Å². The lowest BCUT2D eigenvalue weighted by atomic mass is 9.74. The third-order valence-corrected chi connectivity index (χ3v) is 13.1. The van der Waals surface area contributed by atoms with Gasteiger partial charge in [-0.15, -0.1) is 11.8 Å². The van der Waals surface area contributed by atoms with Crippen molar-refractivity contribution < 1.29 is 48.2 Å². The zero-order chi connectivity index (χ0) is 36.2. The van der Waals surface area contributed by atoms with Crippen molar-refractivity contribution in [2.24, 2.45) is 0 Å².